The Morgan fingerprint density at radius 1 is 1.20 bits per heavy atom. The molecule has 106 valence electrons. The third-order valence-electron chi connectivity index (χ3n) is 3.46. The molecule has 0 aromatic heterocycles. The van der Waals surface area contributed by atoms with E-state index in [-0.39, 0.29) is 11.9 Å². The van der Waals surface area contributed by atoms with Crippen molar-refractivity contribution in [3.63, 3.8) is 0 Å². The molecular weight excluding hydrogens is 253 g/mol. The second kappa shape index (κ2) is 6.53. The van der Waals surface area contributed by atoms with Gasteiger partial charge in [-0.25, -0.2) is 4.39 Å². The van der Waals surface area contributed by atoms with Gasteiger partial charge in [0.1, 0.15) is 11.6 Å². The van der Waals surface area contributed by atoms with Crippen LogP contribution in [0, 0.1) is 12.7 Å². The molecule has 1 atom stereocenters. The molecule has 20 heavy (non-hydrogen) atoms. The van der Waals surface area contributed by atoms with Gasteiger partial charge in [-0.05, 0) is 49.7 Å². The first-order valence-corrected chi connectivity index (χ1v) is 6.70. The van der Waals surface area contributed by atoms with Crippen molar-refractivity contribution < 1.29 is 9.13 Å². The van der Waals surface area contributed by atoms with E-state index in [1.54, 1.807) is 19.2 Å². The highest BCUT2D eigenvalue weighted by molar-refractivity contribution is 5.38. The number of benzene rings is 2. The van der Waals surface area contributed by atoms with Crippen molar-refractivity contribution in [2.24, 2.45) is 0 Å². The molecule has 0 amide bonds. The van der Waals surface area contributed by atoms with Crippen LogP contribution in [0.1, 0.15) is 22.7 Å². The van der Waals surface area contributed by atoms with Crippen LogP contribution in [-0.4, -0.2) is 14.2 Å². The predicted molar refractivity (Wildman–Crippen MR) is 79.6 cm³/mol. The van der Waals surface area contributed by atoms with Crippen LogP contribution in [0.25, 0.3) is 0 Å². The molecule has 0 bridgehead atoms. The van der Waals surface area contributed by atoms with Gasteiger partial charge >= 0.3 is 0 Å². The molecule has 0 aliphatic rings. The van der Waals surface area contributed by atoms with Gasteiger partial charge in [0.25, 0.3) is 0 Å². The maximum absolute atomic E-state index is 13.4. The zero-order valence-corrected chi connectivity index (χ0v) is 12.1. The maximum Gasteiger partial charge on any atom is 0.123 e. The topological polar surface area (TPSA) is 21.3 Å². The van der Waals surface area contributed by atoms with Crippen molar-refractivity contribution in [3.8, 4) is 5.75 Å². The fourth-order valence-electron chi connectivity index (χ4n) is 2.40. The Bertz CT molecular complexity index is 583. The molecule has 0 aliphatic heterocycles. The molecule has 0 saturated heterocycles. The van der Waals surface area contributed by atoms with Crippen molar-refractivity contribution >= 4 is 0 Å². The quantitative estimate of drug-likeness (QED) is 0.898. The molecule has 0 fully saturated rings. The van der Waals surface area contributed by atoms with Crippen LogP contribution in [-0.2, 0) is 6.42 Å². The molecule has 0 aliphatic carbocycles. The fraction of sp³-hybridized carbons (Fsp3) is 0.294. The SMILES string of the molecule is CNC(Cc1cc(C)ccc1OC)c1cccc(F)c1. The third kappa shape index (κ3) is 3.36. The highest BCUT2D eigenvalue weighted by atomic mass is 19.1. The van der Waals surface area contributed by atoms with E-state index in [9.17, 15) is 4.39 Å². The van der Waals surface area contributed by atoms with Crippen LogP contribution in [0.3, 0.4) is 0 Å². The van der Waals surface area contributed by atoms with Crippen LogP contribution in [0.15, 0.2) is 42.5 Å². The molecule has 0 heterocycles. The number of nitrogens with one attached hydrogen (secondary N) is 1. The van der Waals surface area contributed by atoms with Crippen LogP contribution >= 0.6 is 0 Å². The molecule has 2 aromatic carbocycles. The minimum Gasteiger partial charge on any atom is -0.496 e. The van der Waals surface area contributed by atoms with Crippen LogP contribution in [0.2, 0.25) is 0 Å². The highest BCUT2D eigenvalue weighted by Gasteiger charge is 2.14. The minimum atomic E-state index is -0.209. The monoisotopic (exact) mass is 273 g/mol. The first kappa shape index (κ1) is 14.5. The molecule has 0 saturated carbocycles. The van der Waals surface area contributed by atoms with Gasteiger partial charge in [0, 0.05) is 6.04 Å². The summed E-state index contributed by atoms with van der Waals surface area (Å²) in [7, 11) is 3.56. The standard InChI is InChI=1S/C17H20FNO/c1-12-7-8-17(20-3)14(9-12)11-16(19-2)13-5-4-6-15(18)10-13/h4-10,16,19H,11H2,1-3H3. The summed E-state index contributed by atoms with van der Waals surface area (Å²) in [4.78, 5) is 0. The summed E-state index contributed by atoms with van der Waals surface area (Å²) < 4.78 is 18.8. The van der Waals surface area contributed by atoms with Gasteiger partial charge in [0.05, 0.1) is 7.11 Å². The van der Waals surface area contributed by atoms with Crippen molar-refractivity contribution in [2.45, 2.75) is 19.4 Å². The predicted octanol–water partition coefficient (Wildman–Crippen LogP) is 3.65. The molecule has 2 aromatic rings. The van der Waals surface area contributed by atoms with E-state index >= 15 is 0 Å². The summed E-state index contributed by atoms with van der Waals surface area (Å²) >= 11 is 0. The van der Waals surface area contributed by atoms with Gasteiger partial charge in [0.15, 0.2) is 0 Å². The zero-order chi connectivity index (χ0) is 14.5. The second-order valence-electron chi connectivity index (χ2n) is 4.92. The molecule has 1 N–H and O–H groups in total. The summed E-state index contributed by atoms with van der Waals surface area (Å²) in [5, 5.41) is 3.24. The van der Waals surface area contributed by atoms with E-state index < -0.39 is 0 Å². The average Bonchev–Trinajstić information content (AvgIpc) is 2.45. The second-order valence-corrected chi connectivity index (χ2v) is 4.92. The summed E-state index contributed by atoms with van der Waals surface area (Å²) in [6.45, 7) is 2.06. The number of ether oxygens (including phenoxy) is 1. The number of likely N-dealkylation sites (N-methyl/N-ethyl adjacent to an activating group) is 1. The van der Waals surface area contributed by atoms with Crippen molar-refractivity contribution in [1.82, 2.24) is 5.32 Å². The molecule has 0 spiro atoms. The van der Waals surface area contributed by atoms with E-state index in [0.29, 0.717) is 0 Å². The lowest BCUT2D eigenvalue weighted by Crippen LogP contribution is -2.19. The Balaban J connectivity index is 2.28. The van der Waals surface area contributed by atoms with E-state index in [2.05, 4.69) is 18.3 Å². The van der Waals surface area contributed by atoms with Crippen LogP contribution in [0.5, 0.6) is 5.75 Å². The summed E-state index contributed by atoms with van der Waals surface area (Å²) in [6, 6.07) is 12.9. The van der Waals surface area contributed by atoms with Crippen LogP contribution < -0.4 is 10.1 Å². The first-order chi connectivity index (χ1) is 9.63. The Hall–Kier alpha value is -1.87. The van der Waals surface area contributed by atoms with E-state index in [1.807, 2.05) is 25.2 Å². The number of methoxy groups -OCH3 is 1. The molecule has 2 rings (SSSR count). The van der Waals surface area contributed by atoms with E-state index in [0.717, 1.165) is 23.3 Å². The van der Waals surface area contributed by atoms with Gasteiger partial charge in [0.2, 0.25) is 0 Å². The Labute approximate surface area is 119 Å². The number of aryl methyl sites for hydroxylation is 1. The highest BCUT2D eigenvalue weighted by Crippen LogP contribution is 2.26. The Morgan fingerprint density at radius 2 is 2.00 bits per heavy atom. The summed E-state index contributed by atoms with van der Waals surface area (Å²) in [6.07, 6.45) is 0.755. The molecule has 2 nitrogen and oxygen atoms in total. The van der Waals surface area contributed by atoms with E-state index in [4.69, 9.17) is 4.74 Å². The summed E-state index contributed by atoms with van der Waals surface area (Å²) in [5.41, 5.74) is 3.25. The Morgan fingerprint density at radius 3 is 2.65 bits per heavy atom. The Kier molecular flexibility index (Phi) is 4.74. The molecular formula is C17H20FNO. The number of rotatable bonds is 5. The zero-order valence-electron chi connectivity index (χ0n) is 12.1. The first-order valence-electron chi connectivity index (χ1n) is 6.70. The van der Waals surface area contributed by atoms with Gasteiger partial charge in [-0.1, -0.05) is 29.8 Å². The largest absolute Gasteiger partial charge is 0.496 e. The minimum absolute atomic E-state index is 0.0569. The van der Waals surface area contributed by atoms with Gasteiger partial charge in [-0.3, -0.25) is 0 Å². The van der Waals surface area contributed by atoms with Gasteiger partial charge < -0.3 is 10.1 Å². The lowest BCUT2D eigenvalue weighted by Gasteiger charge is -2.19. The number of hydrogen-bond acceptors (Lipinski definition) is 2. The third-order valence-corrected chi connectivity index (χ3v) is 3.46. The van der Waals surface area contributed by atoms with Crippen molar-refractivity contribution in [1.29, 1.82) is 0 Å². The number of hydrogen-bond donors (Lipinski definition) is 1. The van der Waals surface area contributed by atoms with Gasteiger partial charge in [-0.2, -0.15) is 0 Å². The smallest absolute Gasteiger partial charge is 0.123 e. The summed E-state index contributed by atoms with van der Waals surface area (Å²) in [5.74, 6) is 0.659. The lowest BCUT2D eigenvalue weighted by atomic mass is 9.97. The van der Waals surface area contributed by atoms with Crippen LogP contribution in [0.4, 0.5) is 4.39 Å². The van der Waals surface area contributed by atoms with E-state index in [1.165, 1.54) is 11.6 Å². The average molecular weight is 273 g/mol. The maximum atomic E-state index is 13.4. The van der Waals surface area contributed by atoms with Gasteiger partial charge in [-0.15, -0.1) is 0 Å². The molecule has 1 unspecified atom stereocenters. The van der Waals surface area contributed by atoms with Crippen molar-refractivity contribution in [2.75, 3.05) is 14.2 Å². The number of halogens is 1. The fourth-order valence-corrected chi connectivity index (χ4v) is 2.40. The lowest BCUT2D eigenvalue weighted by molar-refractivity contribution is 0.406. The molecule has 3 heteroatoms. The normalized spacial score (nSPS) is 12.2. The van der Waals surface area contributed by atoms with Crippen molar-refractivity contribution in [3.05, 3.63) is 65.0 Å². The molecule has 0 radical (unpaired) electrons.